The molecule has 0 aromatic heterocycles. The summed E-state index contributed by atoms with van der Waals surface area (Å²) in [6, 6.07) is 16.1. The van der Waals surface area contributed by atoms with Gasteiger partial charge in [0.1, 0.15) is 0 Å². The smallest absolute Gasteiger partial charge is 0.223 e. The molecular formula is C17H18FNO2. The Balaban J connectivity index is 1.63. The van der Waals surface area contributed by atoms with Gasteiger partial charge in [-0.3, -0.25) is 4.79 Å². The van der Waals surface area contributed by atoms with E-state index in [9.17, 15) is 9.18 Å². The first kappa shape index (κ1) is 15.0. The fourth-order valence-electron chi connectivity index (χ4n) is 1.89. The molecule has 4 heteroatoms. The van der Waals surface area contributed by atoms with Crippen LogP contribution in [0.5, 0.6) is 5.75 Å². The number of ether oxygens (including phenoxy) is 1. The average molecular weight is 287 g/mol. The average Bonchev–Trinajstić information content (AvgIpc) is 2.50. The Morgan fingerprint density at radius 3 is 2.52 bits per heavy atom. The minimum atomic E-state index is -0.415. The Kier molecular flexibility index (Phi) is 5.76. The van der Waals surface area contributed by atoms with Crippen LogP contribution in [0.4, 0.5) is 4.39 Å². The van der Waals surface area contributed by atoms with Crippen molar-refractivity contribution in [1.82, 2.24) is 5.32 Å². The molecule has 3 nitrogen and oxygen atoms in total. The van der Waals surface area contributed by atoms with Crippen molar-refractivity contribution in [3.63, 3.8) is 0 Å². The summed E-state index contributed by atoms with van der Waals surface area (Å²) in [5.41, 5.74) is 1.18. The van der Waals surface area contributed by atoms with Gasteiger partial charge in [0.2, 0.25) is 5.91 Å². The predicted octanol–water partition coefficient (Wildman–Crippen LogP) is 2.95. The second kappa shape index (κ2) is 8.04. The summed E-state index contributed by atoms with van der Waals surface area (Å²) in [6.07, 6.45) is 1.00. The van der Waals surface area contributed by atoms with Gasteiger partial charge in [0, 0.05) is 6.54 Å². The molecule has 0 saturated heterocycles. The summed E-state index contributed by atoms with van der Waals surface area (Å²) in [4.78, 5) is 11.6. The molecule has 0 saturated carbocycles. The number of hydrogen-bond acceptors (Lipinski definition) is 2. The Morgan fingerprint density at radius 1 is 1.05 bits per heavy atom. The first-order valence-electron chi connectivity index (χ1n) is 6.93. The number of amides is 1. The third-order valence-corrected chi connectivity index (χ3v) is 3.00. The number of nitrogens with one attached hydrogen (secondary N) is 1. The van der Waals surface area contributed by atoms with E-state index < -0.39 is 5.82 Å². The Hall–Kier alpha value is -2.36. The SMILES string of the molecule is O=C(CCOc1ccccc1F)NCCc1ccccc1. The lowest BCUT2D eigenvalue weighted by atomic mass is 10.1. The molecule has 0 bridgehead atoms. The van der Waals surface area contributed by atoms with Gasteiger partial charge in [0.05, 0.1) is 13.0 Å². The Morgan fingerprint density at radius 2 is 1.76 bits per heavy atom. The maximum atomic E-state index is 13.3. The van der Waals surface area contributed by atoms with Gasteiger partial charge in [0.25, 0.3) is 0 Å². The summed E-state index contributed by atoms with van der Waals surface area (Å²) in [5, 5.41) is 2.82. The highest BCUT2D eigenvalue weighted by atomic mass is 19.1. The van der Waals surface area contributed by atoms with Crippen LogP contribution in [-0.4, -0.2) is 19.1 Å². The molecule has 0 aliphatic rings. The number of rotatable bonds is 7. The molecule has 0 spiro atoms. The first-order valence-corrected chi connectivity index (χ1v) is 6.93. The first-order chi connectivity index (χ1) is 10.3. The number of halogens is 1. The van der Waals surface area contributed by atoms with Crippen molar-refractivity contribution < 1.29 is 13.9 Å². The monoisotopic (exact) mass is 287 g/mol. The van der Waals surface area contributed by atoms with Crippen molar-refractivity contribution in [2.75, 3.05) is 13.2 Å². The number of carbonyl (C=O) groups is 1. The van der Waals surface area contributed by atoms with E-state index >= 15 is 0 Å². The third kappa shape index (κ3) is 5.26. The van der Waals surface area contributed by atoms with Gasteiger partial charge in [-0.05, 0) is 24.1 Å². The van der Waals surface area contributed by atoms with Crippen molar-refractivity contribution in [3.05, 3.63) is 66.0 Å². The van der Waals surface area contributed by atoms with Gasteiger partial charge in [-0.25, -0.2) is 4.39 Å². The topological polar surface area (TPSA) is 38.3 Å². The largest absolute Gasteiger partial charge is 0.490 e. The summed E-state index contributed by atoms with van der Waals surface area (Å²) in [6.45, 7) is 0.751. The minimum absolute atomic E-state index is 0.0951. The van der Waals surface area contributed by atoms with E-state index in [2.05, 4.69) is 5.32 Å². The van der Waals surface area contributed by atoms with Crippen molar-refractivity contribution >= 4 is 5.91 Å². The molecule has 0 unspecified atom stereocenters. The van der Waals surface area contributed by atoms with Crippen molar-refractivity contribution in [2.45, 2.75) is 12.8 Å². The highest BCUT2D eigenvalue weighted by molar-refractivity contribution is 5.75. The van der Waals surface area contributed by atoms with E-state index in [1.165, 1.54) is 11.6 Å². The summed E-state index contributed by atoms with van der Waals surface area (Å²) >= 11 is 0. The second-order valence-electron chi connectivity index (χ2n) is 4.61. The molecule has 2 rings (SSSR count). The summed E-state index contributed by atoms with van der Waals surface area (Å²) in [7, 11) is 0. The van der Waals surface area contributed by atoms with Gasteiger partial charge in [-0.2, -0.15) is 0 Å². The van der Waals surface area contributed by atoms with Crippen LogP contribution in [0.3, 0.4) is 0 Å². The van der Waals surface area contributed by atoms with E-state index in [0.717, 1.165) is 6.42 Å². The lowest BCUT2D eigenvalue weighted by Crippen LogP contribution is -2.27. The number of carbonyl (C=O) groups excluding carboxylic acids is 1. The van der Waals surface area contributed by atoms with Crippen LogP contribution in [0.15, 0.2) is 54.6 Å². The molecule has 110 valence electrons. The Bertz CT molecular complexity index is 572. The third-order valence-electron chi connectivity index (χ3n) is 3.00. The van der Waals surface area contributed by atoms with E-state index in [1.807, 2.05) is 30.3 Å². The van der Waals surface area contributed by atoms with E-state index in [1.54, 1.807) is 18.2 Å². The quantitative estimate of drug-likeness (QED) is 0.850. The zero-order chi connectivity index (χ0) is 14.9. The van der Waals surface area contributed by atoms with Crippen LogP contribution < -0.4 is 10.1 Å². The zero-order valence-electron chi connectivity index (χ0n) is 11.7. The molecular weight excluding hydrogens is 269 g/mol. The van der Waals surface area contributed by atoms with E-state index in [0.29, 0.717) is 6.54 Å². The second-order valence-corrected chi connectivity index (χ2v) is 4.61. The molecule has 1 N–H and O–H groups in total. The normalized spacial score (nSPS) is 10.1. The molecule has 0 aliphatic carbocycles. The molecule has 2 aromatic carbocycles. The number of benzene rings is 2. The summed E-state index contributed by atoms with van der Waals surface area (Å²) < 4.78 is 18.5. The number of hydrogen-bond donors (Lipinski definition) is 1. The minimum Gasteiger partial charge on any atom is -0.490 e. The van der Waals surface area contributed by atoms with Crippen molar-refractivity contribution in [1.29, 1.82) is 0 Å². The molecule has 0 heterocycles. The molecule has 0 radical (unpaired) electrons. The maximum Gasteiger partial charge on any atom is 0.223 e. The summed E-state index contributed by atoms with van der Waals surface area (Å²) in [5.74, 6) is -0.334. The lowest BCUT2D eigenvalue weighted by Gasteiger charge is -2.08. The fraction of sp³-hybridized carbons (Fsp3) is 0.235. The molecule has 21 heavy (non-hydrogen) atoms. The number of para-hydroxylation sites is 1. The van der Waals surface area contributed by atoms with Crippen LogP contribution >= 0.6 is 0 Å². The van der Waals surface area contributed by atoms with Crippen LogP contribution in [0.2, 0.25) is 0 Å². The van der Waals surface area contributed by atoms with Gasteiger partial charge >= 0.3 is 0 Å². The lowest BCUT2D eigenvalue weighted by molar-refractivity contribution is -0.121. The maximum absolute atomic E-state index is 13.3. The van der Waals surface area contributed by atoms with Gasteiger partial charge in [-0.1, -0.05) is 42.5 Å². The fourth-order valence-corrected chi connectivity index (χ4v) is 1.89. The Labute approximate surface area is 123 Å². The standard InChI is InChI=1S/C17H18FNO2/c18-15-8-4-5-9-16(15)21-13-11-17(20)19-12-10-14-6-2-1-3-7-14/h1-9H,10-13H2,(H,19,20). The zero-order valence-corrected chi connectivity index (χ0v) is 11.7. The van der Waals surface area contributed by atoms with Crippen LogP contribution in [-0.2, 0) is 11.2 Å². The van der Waals surface area contributed by atoms with Crippen molar-refractivity contribution in [3.8, 4) is 5.75 Å². The molecule has 0 fully saturated rings. The van der Waals surface area contributed by atoms with Gasteiger partial charge in [0.15, 0.2) is 11.6 Å². The highest BCUT2D eigenvalue weighted by Gasteiger charge is 2.04. The predicted molar refractivity (Wildman–Crippen MR) is 79.7 cm³/mol. The van der Waals surface area contributed by atoms with Gasteiger partial charge < -0.3 is 10.1 Å². The van der Waals surface area contributed by atoms with Crippen LogP contribution in [0.1, 0.15) is 12.0 Å². The van der Waals surface area contributed by atoms with E-state index in [4.69, 9.17) is 4.74 Å². The molecule has 0 aliphatic heterocycles. The van der Waals surface area contributed by atoms with Crippen LogP contribution in [0.25, 0.3) is 0 Å². The van der Waals surface area contributed by atoms with Crippen molar-refractivity contribution in [2.24, 2.45) is 0 Å². The van der Waals surface area contributed by atoms with Crippen LogP contribution in [0, 0.1) is 5.82 Å². The van der Waals surface area contributed by atoms with Gasteiger partial charge in [-0.15, -0.1) is 0 Å². The highest BCUT2D eigenvalue weighted by Crippen LogP contribution is 2.15. The molecule has 1 amide bonds. The molecule has 0 atom stereocenters. The van der Waals surface area contributed by atoms with E-state index in [-0.39, 0.29) is 24.7 Å². The molecule has 2 aromatic rings.